The van der Waals surface area contributed by atoms with Gasteiger partial charge in [0, 0.05) is 44.5 Å². The highest BCUT2D eigenvalue weighted by Crippen LogP contribution is 2.28. The van der Waals surface area contributed by atoms with Gasteiger partial charge in [0.15, 0.2) is 5.96 Å². The maximum Gasteiger partial charge on any atom is 0.191 e. The molecule has 2 aromatic heterocycles. The number of guanidine groups is 1. The van der Waals surface area contributed by atoms with Crippen molar-refractivity contribution in [3.05, 3.63) is 58.3 Å². The Morgan fingerprint density at radius 1 is 1.16 bits per heavy atom. The second kappa shape index (κ2) is 11.8. The molecule has 1 aliphatic heterocycles. The lowest BCUT2D eigenvalue weighted by molar-refractivity contribution is 0.249. The molecule has 1 aliphatic rings. The molecule has 172 valence electrons. The predicted octanol–water partition coefficient (Wildman–Crippen LogP) is 4.48. The lowest BCUT2D eigenvalue weighted by Crippen LogP contribution is -2.42. The average molecular weight is 565 g/mol. The van der Waals surface area contributed by atoms with E-state index in [1.807, 2.05) is 43.4 Å². The summed E-state index contributed by atoms with van der Waals surface area (Å²) in [6.45, 7) is 3.89. The summed E-state index contributed by atoms with van der Waals surface area (Å²) in [5.41, 5.74) is 2.23. The van der Waals surface area contributed by atoms with Crippen LogP contribution in [0.1, 0.15) is 29.3 Å². The highest BCUT2D eigenvalue weighted by atomic mass is 127. The quantitative estimate of drug-likeness (QED) is 0.252. The average Bonchev–Trinajstić information content (AvgIpc) is 3.50. The van der Waals surface area contributed by atoms with Crippen LogP contribution in [0.15, 0.2) is 52.8 Å². The maximum absolute atomic E-state index is 4.76. The van der Waals surface area contributed by atoms with Gasteiger partial charge < -0.3 is 15.5 Å². The number of aliphatic imine (C=N–C) groups is 1. The van der Waals surface area contributed by atoms with Crippen LogP contribution in [-0.4, -0.2) is 56.6 Å². The topological polar surface area (TPSA) is 55.8 Å². The third-order valence-electron chi connectivity index (χ3n) is 5.83. The van der Waals surface area contributed by atoms with Gasteiger partial charge in [-0.05, 0) is 55.1 Å². The maximum atomic E-state index is 4.76. The van der Waals surface area contributed by atoms with E-state index in [0.29, 0.717) is 12.6 Å². The summed E-state index contributed by atoms with van der Waals surface area (Å²) < 4.78 is 0. The van der Waals surface area contributed by atoms with E-state index in [0.717, 1.165) is 23.8 Å². The van der Waals surface area contributed by atoms with Gasteiger partial charge in [-0.1, -0.05) is 24.3 Å². The summed E-state index contributed by atoms with van der Waals surface area (Å²) in [5, 5.41) is 10.4. The fourth-order valence-corrected chi connectivity index (χ4v) is 5.00. The molecule has 4 rings (SSSR count). The van der Waals surface area contributed by atoms with Crippen LogP contribution in [0.5, 0.6) is 0 Å². The molecule has 3 aromatic rings. The summed E-state index contributed by atoms with van der Waals surface area (Å²) in [4.78, 5) is 15.3. The van der Waals surface area contributed by atoms with Crippen molar-refractivity contribution >= 4 is 58.0 Å². The molecular weight excluding hydrogens is 531 g/mol. The zero-order chi connectivity index (χ0) is 21.6. The minimum Gasteiger partial charge on any atom is -0.363 e. The van der Waals surface area contributed by atoms with Crippen LogP contribution < -0.4 is 15.5 Å². The molecule has 0 bridgehead atoms. The van der Waals surface area contributed by atoms with Gasteiger partial charge in [0.25, 0.3) is 0 Å². The summed E-state index contributed by atoms with van der Waals surface area (Å²) in [6.07, 6.45) is 2.58. The Morgan fingerprint density at radius 2 is 1.94 bits per heavy atom. The molecule has 1 unspecified atom stereocenters. The van der Waals surface area contributed by atoms with Gasteiger partial charge in [-0.25, -0.2) is 4.98 Å². The minimum atomic E-state index is 0. The number of nitrogens with zero attached hydrogens (tertiary/aromatic N) is 4. The molecule has 0 spiro atoms. The Balaban J connectivity index is 0.00000289. The lowest BCUT2D eigenvalue weighted by Gasteiger charge is -2.27. The predicted molar refractivity (Wildman–Crippen MR) is 148 cm³/mol. The number of thiophene rings is 1. The molecule has 32 heavy (non-hydrogen) atoms. The number of pyridine rings is 1. The molecule has 2 N–H and O–H groups in total. The Hall–Kier alpha value is -1.91. The molecule has 6 nitrogen and oxygen atoms in total. The number of hydrogen-bond donors (Lipinski definition) is 2. The summed E-state index contributed by atoms with van der Waals surface area (Å²) in [7, 11) is 5.89. The standard InChI is InChI=1S/C24H32N6S.HI/c1-25-24(27-17-21(22-11-8-14-31-22)30-12-6-7-13-30)26-16-18-15-23(29(2)3)28-20-10-5-4-9-19(18)20;/h4-5,8-11,14-15,21H,6-7,12-13,16-17H2,1-3H3,(H2,25,26,27);1H. The third kappa shape index (κ3) is 5.90. The first-order valence-corrected chi connectivity index (χ1v) is 11.8. The monoisotopic (exact) mass is 564 g/mol. The molecule has 8 heteroatoms. The largest absolute Gasteiger partial charge is 0.363 e. The van der Waals surface area contributed by atoms with Crippen molar-refractivity contribution < 1.29 is 0 Å². The number of anilines is 1. The van der Waals surface area contributed by atoms with E-state index in [-0.39, 0.29) is 24.0 Å². The molecule has 0 aliphatic carbocycles. The fourth-order valence-electron chi connectivity index (χ4n) is 4.14. The van der Waals surface area contributed by atoms with Crippen LogP contribution >= 0.6 is 35.3 Å². The Labute approximate surface area is 212 Å². The van der Waals surface area contributed by atoms with Crippen molar-refractivity contribution in [2.75, 3.05) is 45.7 Å². The second-order valence-electron chi connectivity index (χ2n) is 8.13. The summed E-state index contributed by atoms with van der Waals surface area (Å²) >= 11 is 1.84. The number of rotatable bonds is 7. The van der Waals surface area contributed by atoms with Gasteiger partial charge in [-0.2, -0.15) is 0 Å². The number of hydrogen-bond acceptors (Lipinski definition) is 5. The molecule has 0 saturated carbocycles. The van der Waals surface area contributed by atoms with E-state index in [2.05, 4.69) is 62.3 Å². The molecule has 1 fully saturated rings. The molecule has 1 atom stereocenters. The second-order valence-corrected chi connectivity index (χ2v) is 9.11. The zero-order valence-electron chi connectivity index (χ0n) is 19.0. The first-order valence-electron chi connectivity index (χ1n) is 10.9. The molecule has 1 aromatic carbocycles. The number of para-hydroxylation sites is 1. The normalized spacial score (nSPS) is 15.4. The van der Waals surface area contributed by atoms with E-state index in [9.17, 15) is 0 Å². The SMILES string of the molecule is CN=C(NCc1cc(N(C)C)nc2ccccc12)NCC(c1cccs1)N1CCCC1.I. The lowest BCUT2D eigenvalue weighted by atomic mass is 10.1. The highest BCUT2D eigenvalue weighted by molar-refractivity contribution is 14.0. The molecule has 0 radical (unpaired) electrons. The zero-order valence-corrected chi connectivity index (χ0v) is 22.2. The third-order valence-corrected chi connectivity index (χ3v) is 6.81. The van der Waals surface area contributed by atoms with Gasteiger partial charge in [-0.3, -0.25) is 9.89 Å². The number of likely N-dealkylation sites (tertiary alicyclic amines) is 1. The van der Waals surface area contributed by atoms with Crippen molar-refractivity contribution in [3.63, 3.8) is 0 Å². The first-order chi connectivity index (χ1) is 15.2. The summed E-state index contributed by atoms with van der Waals surface area (Å²) in [5.74, 6) is 1.79. The first kappa shape index (κ1) is 24.7. The fraction of sp³-hybridized carbons (Fsp3) is 0.417. The van der Waals surface area contributed by atoms with E-state index < -0.39 is 0 Å². The minimum absolute atomic E-state index is 0. The van der Waals surface area contributed by atoms with E-state index >= 15 is 0 Å². The van der Waals surface area contributed by atoms with Gasteiger partial charge in [0.1, 0.15) is 5.82 Å². The van der Waals surface area contributed by atoms with Gasteiger partial charge in [0.05, 0.1) is 11.6 Å². The summed E-state index contributed by atoms with van der Waals surface area (Å²) in [6, 6.07) is 15.2. The van der Waals surface area contributed by atoms with Crippen molar-refractivity contribution in [2.45, 2.75) is 25.4 Å². The Kier molecular flexibility index (Phi) is 9.12. The van der Waals surface area contributed by atoms with Crippen LogP contribution in [-0.2, 0) is 6.54 Å². The number of fused-ring (bicyclic) bond motifs is 1. The van der Waals surface area contributed by atoms with Crippen LogP contribution in [0.3, 0.4) is 0 Å². The number of nitrogens with one attached hydrogen (secondary N) is 2. The molecular formula is C24H33IN6S. The van der Waals surface area contributed by atoms with Crippen molar-refractivity contribution in [1.82, 2.24) is 20.5 Å². The van der Waals surface area contributed by atoms with Crippen LogP contribution in [0.25, 0.3) is 10.9 Å². The Bertz CT molecular complexity index is 1010. The van der Waals surface area contributed by atoms with E-state index in [4.69, 9.17) is 4.98 Å². The van der Waals surface area contributed by atoms with Gasteiger partial charge >= 0.3 is 0 Å². The molecule has 3 heterocycles. The highest BCUT2D eigenvalue weighted by Gasteiger charge is 2.24. The number of halogens is 1. The van der Waals surface area contributed by atoms with Crippen molar-refractivity contribution in [1.29, 1.82) is 0 Å². The van der Waals surface area contributed by atoms with Crippen molar-refractivity contribution in [3.8, 4) is 0 Å². The van der Waals surface area contributed by atoms with Gasteiger partial charge in [-0.15, -0.1) is 35.3 Å². The van der Waals surface area contributed by atoms with Crippen LogP contribution in [0.2, 0.25) is 0 Å². The Morgan fingerprint density at radius 3 is 2.62 bits per heavy atom. The smallest absolute Gasteiger partial charge is 0.191 e. The molecule has 0 amide bonds. The van der Waals surface area contributed by atoms with E-state index in [1.165, 1.54) is 41.8 Å². The van der Waals surface area contributed by atoms with Crippen LogP contribution in [0, 0.1) is 0 Å². The number of aromatic nitrogens is 1. The van der Waals surface area contributed by atoms with Gasteiger partial charge in [0.2, 0.25) is 0 Å². The van der Waals surface area contributed by atoms with E-state index in [1.54, 1.807) is 0 Å². The molecule has 1 saturated heterocycles. The van der Waals surface area contributed by atoms with Crippen molar-refractivity contribution in [2.24, 2.45) is 4.99 Å². The number of benzene rings is 1. The van der Waals surface area contributed by atoms with Crippen LogP contribution in [0.4, 0.5) is 5.82 Å².